The van der Waals surface area contributed by atoms with E-state index >= 15 is 0 Å². The Labute approximate surface area is 165 Å². The van der Waals surface area contributed by atoms with Crippen LogP contribution in [0.5, 0.6) is 0 Å². The van der Waals surface area contributed by atoms with Crippen molar-refractivity contribution in [3.05, 3.63) is 71.8 Å². The van der Waals surface area contributed by atoms with E-state index in [1.54, 1.807) is 24.5 Å². The molecule has 0 aliphatic heterocycles. The summed E-state index contributed by atoms with van der Waals surface area (Å²) in [6.45, 7) is 6.37. The van der Waals surface area contributed by atoms with E-state index in [1.807, 2.05) is 16.8 Å². The third-order valence-corrected chi connectivity index (χ3v) is 6.66. The maximum atomic E-state index is 12.9. The van der Waals surface area contributed by atoms with Gasteiger partial charge in [0.15, 0.2) is 0 Å². The van der Waals surface area contributed by atoms with E-state index < -0.39 is 10.0 Å². The minimum absolute atomic E-state index is 0.0579. The van der Waals surface area contributed by atoms with E-state index in [4.69, 9.17) is 0 Å². The molecule has 2 heterocycles. The van der Waals surface area contributed by atoms with Gasteiger partial charge in [0.05, 0.1) is 17.9 Å². The van der Waals surface area contributed by atoms with Crippen molar-refractivity contribution in [2.75, 3.05) is 0 Å². The van der Waals surface area contributed by atoms with Crippen LogP contribution in [-0.4, -0.2) is 23.2 Å². The summed E-state index contributed by atoms with van der Waals surface area (Å²) in [5.74, 6) is 0. The van der Waals surface area contributed by atoms with Gasteiger partial charge in [-0.1, -0.05) is 31.5 Å². The molecule has 0 spiro atoms. The minimum Gasteiger partial charge on any atom is -0.263 e. The number of sulfonamides is 1. The molecule has 6 nitrogen and oxygen atoms in total. The number of fused-ring (bicyclic) bond motifs is 1. The predicted molar refractivity (Wildman–Crippen MR) is 108 cm³/mol. The first kappa shape index (κ1) is 18.8. The standard InChI is InChI=1S/C21H24N4O2S/c1-15-6-8-16(9-7-15)25-20-12-21(2,3)11-19(18(20)14-23-25)24-28(26,27)17-5-4-10-22-13-17/h4-10,13-14,19,24H,11-12H2,1-3H3. The molecule has 1 aliphatic rings. The van der Waals surface area contributed by atoms with Crippen molar-refractivity contribution in [1.29, 1.82) is 0 Å². The van der Waals surface area contributed by atoms with Crippen LogP contribution in [0.25, 0.3) is 5.69 Å². The maximum absolute atomic E-state index is 12.9. The largest absolute Gasteiger partial charge is 0.263 e. The molecule has 1 aromatic carbocycles. The van der Waals surface area contributed by atoms with Crippen molar-refractivity contribution < 1.29 is 8.42 Å². The number of aryl methyl sites for hydroxylation is 1. The average Bonchev–Trinajstić information content (AvgIpc) is 3.05. The van der Waals surface area contributed by atoms with Crippen molar-refractivity contribution >= 4 is 10.0 Å². The monoisotopic (exact) mass is 396 g/mol. The van der Waals surface area contributed by atoms with Crippen LogP contribution in [0.4, 0.5) is 0 Å². The molecule has 0 radical (unpaired) electrons. The van der Waals surface area contributed by atoms with Gasteiger partial charge in [-0.3, -0.25) is 4.98 Å². The first-order valence-corrected chi connectivity index (χ1v) is 10.8. The van der Waals surface area contributed by atoms with Gasteiger partial charge < -0.3 is 0 Å². The van der Waals surface area contributed by atoms with E-state index in [1.165, 1.54) is 11.8 Å². The van der Waals surface area contributed by atoms with E-state index in [0.29, 0.717) is 6.42 Å². The van der Waals surface area contributed by atoms with Crippen LogP contribution in [0.1, 0.15) is 43.1 Å². The minimum atomic E-state index is -3.66. The molecule has 7 heteroatoms. The molecule has 4 rings (SSSR count). The number of nitrogens with zero attached hydrogens (tertiary/aromatic N) is 3. The van der Waals surface area contributed by atoms with Gasteiger partial charge in [-0.15, -0.1) is 0 Å². The van der Waals surface area contributed by atoms with Crippen molar-refractivity contribution in [3.63, 3.8) is 0 Å². The van der Waals surface area contributed by atoms with Crippen LogP contribution in [0.2, 0.25) is 0 Å². The molecule has 0 fully saturated rings. The molecule has 3 aromatic rings. The van der Waals surface area contributed by atoms with E-state index in [0.717, 1.165) is 23.4 Å². The summed E-state index contributed by atoms with van der Waals surface area (Å²) >= 11 is 0. The first-order valence-electron chi connectivity index (χ1n) is 9.31. The molecule has 146 valence electrons. The van der Waals surface area contributed by atoms with Crippen molar-refractivity contribution in [3.8, 4) is 5.69 Å². The van der Waals surface area contributed by atoms with Crippen molar-refractivity contribution in [1.82, 2.24) is 19.5 Å². The van der Waals surface area contributed by atoms with Gasteiger partial charge in [0.2, 0.25) is 10.0 Å². The van der Waals surface area contributed by atoms with Crippen LogP contribution >= 0.6 is 0 Å². The Morgan fingerprint density at radius 2 is 1.89 bits per heavy atom. The van der Waals surface area contributed by atoms with Gasteiger partial charge in [-0.25, -0.2) is 17.8 Å². The summed E-state index contributed by atoms with van der Waals surface area (Å²) in [6.07, 6.45) is 6.26. The smallest absolute Gasteiger partial charge is 0.242 e. The fourth-order valence-electron chi connectivity index (χ4n) is 3.82. The summed E-state index contributed by atoms with van der Waals surface area (Å²) < 4.78 is 30.5. The van der Waals surface area contributed by atoms with Crippen LogP contribution in [0.15, 0.2) is 59.9 Å². The highest BCUT2D eigenvalue weighted by Crippen LogP contribution is 2.42. The Morgan fingerprint density at radius 3 is 2.57 bits per heavy atom. The van der Waals surface area contributed by atoms with Crippen molar-refractivity contribution in [2.45, 2.75) is 44.6 Å². The fraction of sp³-hybridized carbons (Fsp3) is 0.333. The van der Waals surface area contributed by atoms with E-state index in [9.17, 15) is 8.42 Å². The molecular weight excluding hydrogens is 372 g/mol. The van der Waals surface area contributed by atoms with Gasteiger partial charge in [0.25, 0.3) is 0 Å². The molecule has 0 saturated carbocycles. The topological polar surface area (TPSA) is 76.9 Å². The number of aromatic nitrogens is 3. The Hall–Kier alpha value is -2.51. The number of hydrogen-bond acceptors (Lipinski definition) is 4. The maximum Gasteiger partial charge on any atom is 0.242 e. The van der Waals surface area contributed by atoms with Crippen LogP contribution in [0, 0.1) is 12.3 Å². The third-order valence-electron chi connectivity index (χ3n) is 5.20. The van der Waals surface area contributed by atoms with Gasteiger partial charge in [0, 0.05) is 23.7 Å². The summed E-state index contributed by atoms with van der Waals surface area (Å²) in [5.41, 5.74) is 4.11. The van der Waals surface area contributed by atoms with Crippen LogP contribution in [-0.2, 0) is 16.4 Å². The Balaban J connectivity index is 1.73. The second-order valence-corrected chi connectivity index (χ2v) is 9.92. The molecule has 0 bridgehead atoms. The second kappa shape index (κ2) is 6.83. The predicted octanol–water partition coefficient (Wildman–Crippen LogP) is 3.57. The fourth-order valence-corrected chi connectivity index (χ4v) is 5.00. The first-order chi connectivity index (χ1) is 13.3. The zero-order chi connectivity index (χ0) is 19.9. The Bertz CT molecular complexity index is 1090. The lowest BCUT2D eigenvalue weighted by Crippen LogP contribution is -2.36. The lowest BCUT2D eigenvalue weighted by Gasteiger charge is -2.35. The Morgan fingerprint density at radius 1 is 1.14 bits per heavy atom. The van der Waals surface area contributed by atoms with Gasteiger partial charge in [-0.2, -0.15) is 5.10 Å². The van der Waals surface area contributed by atoms with E-state index in [2.05, 4.69) is 47.7 Å². The molecule has 0 amide bonds. The normalized spacial score (nSPS) is 18.6. The molecule has 1 N–H and O–H groups in total. The van der Waals surface area contributed by atoms with E-state index in [-0.39, 0.29) is 16.4 Å². The van der Waals surface area contributed by atoms with Crippen LogP contribution in [0.3, 0.4) is 0 Å². The summed E-state index contributed by atoms with van der Waals surface area (Å²) in [6, 6.07) is 11.0. The molecule has 28 heavy (non-hydrogen) atoms. The number of benzene rings is 1. The SMILES string of the molecule is Cc1ccc(-n2ncc3c2CC(C)(C)CC3NS(=O)(=O)c2cccnc2)cc1. The molecule has 2 aromatic heterocycles. The van der Waals surface area contributed by atoms with Crippen molar-refractivity contribution in [2.24, 2.45) is 5.41 Å². The van der Waals surface area contributed by atoms with Gasteiger partial charge in [0.1, 0.15) is 4.90 Å². The zero-order valence-electron chi connectivity index (χ0n) is 16.3. The molecular formula is C21H24N4O2S. The number of nitrogens with one attached hydrogen (secondary N) is 1. The highest BCUT2D eigenvalue weighted by Gasteiger charge is 2.37. The highest BCUT2D eigenvalue weighted by atomic mass is 32.2. The van der Waals surface area contributed by atoms with Gasteiger partial charge >= 0.3 is 0 Å². The third kappa shape index (κ3) is 3.59. The molecule has 1 atom stereocenters. The number of hydrogen-bond donors (Lipinski definition) is 1. The second-order valence-electron chi connectivity index (χ2n) is 8.20. The lowest BCUT2D eigenvalue weighted by atomic mass is 9.74. The lowest BCUT2D eigenvalue weighted by molar-refractivity contribution is 0.268. The quantitative estimate of drug-likeness (QED) is 0.731. The summed E-state index contributed by atoms with van der Waals surface area (Å²) in [4.78, 5) is 4.10. The molecule has 1 unspecified atom stereocenters. The molecule has 0 saturated heterocycles. The summed E-state index contributed by atoms with van der Waals surface area (Å²) in [5, 5.41) is 4.59. The Kier molecular flexibility index (Phi) is 4.59. The number of rotatable bonds is 4. The highest BCUT2D eigenvalue weighted by molar-refractivity contribution is 7.89. The summed E-state index contributed by atoms with van der Waals surface area (Å²) in [7, 11) is -3.66. The zero-order valence-corrected chi connectivity index (χ0v) is 17.1. The number of pyridine rings is 1. The van der Waals surface area contributed by atoms with Crippen LogP contribution < -0.4 is 4.72 Å². The van der Waals surface area contributed by atoms with Gasteiger partial charge in [-0.05, 0) is 49.4 Å². The molecule has 1 aliphatic carbocycles. The average molecular weight is 397 g/mol.